The Labute approximate surface area is 308 Å². The van der Waals surface area contributed by atoms with Gasteiger partial charge in [0, 0.05) is 43.3 Å². The topological polar surface area (TPSA) is 6.48 Å². The van der Waals surface area contributed by atoms with Crippen molar-refractivity contribution in [3.8, 4) is 0 Å². The zero-order chi connectivity index (χ0) is 41.6. The molecule has 2 aliphatic rings. The number of nitrogens with zero attached hydrogens (tertiary/aromatic N) is 2. The van der Waals surface area contributed by atoms with Crippen molar-refractivity contribution in [1.29, 1.82) is 0 Å². The van der Waals surface area contributed by atoms with Crippen molar-refractivity contribution < 1.29 is 11.0 Å². The Morgan fingerprint density at radius 3 is 1.86 bits per heavy atom. The molecule has 0 N–H and O–H groups in total. The van der Waals surface area contributed by atoms with Gasteiger partial charge in [0.15, 0.2) is 0 Å². The van der Waals surface area contributed by atoms with Gasteiger partial charge in [0.1, 0.15) is 0 Å². The molecule has 0 saturated heterocycles. The fourth-order valence-corrected chi connectivity index (χ4v) is 8.47. The maximum atomic E-state index is 9.85. The van der Waals surface area contributed by atoms with Gasteiger partial charge >= 0.3 is 0 Å². The summed E-state index contributed by atoms with van der Waals surface area (Å²) in [6.45, 7) is 20.6. The SMILES string of the molecule is [2H]c1c([2H])c([2H])c(N2c3ccc(C(C)(C)C)cc3B3c4sc5c([2H])c([2H])c(C(C)(C)C)c([2H])c5c4N(c4ccc(C(C)(C)C)cc4)c4cc(C)cc2c43)c([2H])c1[2H]. The molecule has 246 valence electrons. The molecule has 8 rings (SSSR count). The Hall–Kier alpha value is -4.28. The van der Waals surface area contributed by atoms with Gasteiger partial charge in [0.2, 0.25) is 0 Å². The highest BCUT2D eigenvalue weighted by Gasteiger charge is 2.45. The van der Waals surface area contributed by atoms with E-state index in [-0.39, 0.29) is 46.7 Å². The number of hydrogen-bond donors (Lipinski definition) is 0. The predicted molar refractivity (Wildman–Crippen MR) is 217 cm³/mol. The number of para-hydroxylation sites is 1. The van der Waals surface area contributed by atoms with Gasteiger partial charge in [-0.25, -0.2) is 0 Å². The molecule has 0 radical (unpaired) electrons. The third kappa shape index (κ3) is 5.14. The predicted octanol–water partition coefficient (Wildman–Crippen LogP) is 11.2. The van der Waals surface area contributed by atoms with Crippen LogP contribution in [-0.4, -0.2) is 6.71 Å². The van der Waals surface area contributed by atoms with Gasteiger partial charge < -0.3 is 9.80 Å². The third-order valence-electron chi connectivity index (χ3n) is 9.89. The summed E-state index contributed by atoms with van der Waals surface area (Å²) in [5, 5.41) is 0.649. The molecule has 4 heteroatoms. The van der Waals surface area contributed by atoms with E-state index >= 15 is 0 Å². The molecule has 2 aliphatic heterocycles. The van der Waals surface area contributed by atoms with Crippen molar-refractivity contribution in [2.24, 2.45) is 0 Å². The Kier molecular flexibility index (Phi) is 5.31. The van der Waals surface area contributed by atoms with Crippen molar-refractivity contribution in [3.63, 3.8) is 0 Å². The molecule has 0 bridgehead atoms. The summed E-state index contributed by atoms with van der Waals surface area (Å²) in [7, 11) is 0. The second kappa shape index (κ2) is 10.9. The second-order valence-corrected chi connectivity index (χ2v) is 17.7. The molecular weight excluding hydrogens is 611 g/mol. The molecule has 49 heavy (non-hydrogen) atoms. The van der Waals surface area contributed by atoms with Crippen molar-refractivity contribution in [1.82, 2.24) is 0 Å². The van der Waals surface area contributed by atoms with Gasteiger partial charge in [-0.2, -0.15) is 0 Å². The minimum atomic E-state index is -0.564. The largest absolute Gasteiger partial charge is 0.311 e. The quantitative estimate of drug-likeness (QED) is 0.169. The minimum absolute atomic E-state index is 0.0696. The average Bonchev–Trinajstić information content (AvgIpc) is 3.52. The molecular formula is C45H47BN2S. The van der Waals surface area contributed by atoms with E-state index in [9.17, 15) is 6.85 Å². The van der Waals surface area contributed by atoms with Crippen LogP contribution in [0.15, 0.2) is 103 Å². The van der Waals surface area contributed by atoms with Crippen LogP contribution in [0.4, 0.5) is 34.1 Å². The van der Waals surface area contributed by atoms with Gasteiger partial charge in [-0.3, -0.25) is 0 Å². The van der Waals surface area contributed by atoms with Crippen molar-refractivity contribution >= 4 is 78.0 Å². The van der Waals surface area contributed by atoms with E-state index in [1.807, 2.05) is 44.7 Å². The number of anilines is 6. The highest BCUT2D eigenvalue weighted by molar-refractivity contribution is 7.33. The van der Waals surface area contributed by atoms with Crippen LogP contribution in [0, 0.1) is 6.92 Å². The summed E-state index contributed by atoms with van der Waals surface area (Å²) in [5.74, 6) is 0. The van der Waals surface area contributed by atoms with Crippen LogP contribution >= 0.6 is 11.3 Å². The molecule has 1 aromatic heterocycles. The lowest BCUT2D eigenvalue weighted by atomic mass is 9.36. The fourth-order valence-electron chi connectivity index (χ4n) is 7.25. The van der Waals surface area contributed by atoms with Crippen molar-refractivity contribution in [2.75, 3.05) is 9.80 Å². The third-order valence-corrected chi connectivity index (χ3v) is 11.1. The van der Waals surface area contributed by atoms with E-state index in [4.69, 9.17) is 4.11 Å². The number of hydrogen-bond acceptors (Lipinski definition) is 3. The van der Waals surface area contributed by atoms with Gasteiger partial charge in [0.25, 0.3) is 6.71 Å². The van der Waals surface area contributed by atoms with Gasteiger partial charge in [-0.15, -0.1) is 11.3 Å². The summed E-state index contributed by atoms with van der Waals surface area (Å²) in [4.78, 5) is 4.06. The molecule has 0 amide bonds. The normalized spacial score (nSPS) is 16.5. The second-order valence-electron chi connectivity index (χ2n) is 16.6. The maximum Gasteiger partial charge on any atom is 0.264 e. The molecule has 6 aromatic rings. The van der Waals surface area contributed by atoms with Crippen LogP contribution in [0.25, 0.3) is 10.1 Å². The van der Waals surface area contributed by atoms with E-state index in [0.29, 0.717) is 27.0 Å². The number of aryl methyl sites for hydroxylation is 1. The van der Waals surface area contributed by atoms with Crippen LogP contribution in [0.1, 0.15) is 95.5 Å². The van der Waals surface area contributed by atoms with Gasteiger partial charge in [-0.05, 0) is 111 Å². The van der Waals surface area contributed by atoms with E-state index in [0.717, 1.165) is 43.9 Å². The van der Waals surface area contributed by atoms with E-state index in [2.05, 4.69) is 88.9 Å². The number of rotatable bonds is 2. The zero-order valence-electron chi connectivity index (χ0n) is 38.1. The Morgan fingerprint density at radius 1 is 0.612 bits per heavy atom. The summed E-state index contributed by atoms with van der Waals surface area (Å²) >= 11 is 1.46. The van der Waals surface area contributed by atoms with Crippen molar-refractivity contribution in [2.45, 2.75) is 85.5 Å². The Morgan fingerprint density at radius 2 is 1.22 bits per heavy atom. The first kappa shape index (κ1) is 24.0. The molecule has 0 fully saturated rings. The molecule has 5 aromatic carbocycles. The Bertz CT molecular complexity index is 2670. The van der Waals surface area contributed by atoms with Crippen LogP contribution in [0.2, 0.25) is 0 Å². The number of thiophene rings is 1. The fraction of sp³-hybridized carbons (Fsp3) is 0.289. The first-order valence-electron chi connectivity index (χ1n) is 21.1. The molecule has 0 unspecified atom stereocenters. The van der Waals surface area contributed by atoms with Crippen LogP contribution in [0.5, 0.6) is 0 Å². The maximum absolute atomic E-state index is 9.85. The van der Waals surface area contributed by atoms with Gasteiger partial charge in [-0.1, -0.05) is 111 Å². The Balaban J connectivity index is 1.58. The smallest absolute Gasteiger partial charge is 0.264 e. The van der Waals surface area contributed by atoms with E-state index < -0.39 is 30.3 Å². The van der Waals surface area contributed by atoms with Crippen molar-refractivity contribution in [3.05, 3.63) is 125 Å². The monoisotopic (exact) mass is 666 g/mol. The van der Waals surface area contributed by atoms with E-state index in [1.54, 1.807) is 0 Å². The summed E-state index contributed by atoms with van der Waals surface area (Å²) in [6, 6.07) is 17.6. The number of benzene rings is 5. The molecule has 3 heterocycles. The minimum Gasteiger partial charge on any atom is -0.311 e. The molecule has 0 atom stereocenters. The van der Waals surface area contributed by atoms with Gasteiger partial charge in [0.05, 0.1) is 16.7 Å². The summed E-state index contributed by atoms with van der Waals surface area (Å²) in [6.07, 6.45) is 0. The molecule has 0 spiro atoms. The summed E-state index contributed by atoms with van der Waals surface area (Å²) in [5.41, 5.74) is 8.64. The average molecular weight is 667 g/mol. The van der Waals surface area contributed by atoms with Crippen LogP contribution < -0.4 is 25.5 Å². The standard InChI is InChI=1S/C45H47BN2S/c1-28-24-37-40-38(25-28)48(33-20-16-29(17-21-33)43(2,3)4)41-34-26-30(44(5,6)7)19-23-39(34)49-42(41)46(40)35-27-31(45(8,9)10)18-22-36(35)47(37)32-14-12-11-13-15-32/h11-27H,1-10H3/i11D,12D,13D,14D,15D,19D,23D,26D. The lowest BCUT2D eigenvalue weighted by molar-refractivity contribution is 0.590. The number of fused-ring (bicyclic) bond motifs is 6. The first-order valence-corrected chi connectivity index (χ1v) is 17.9. The lowest BCUT2D eigenvalue weighted by Gasteiger charge is -2.44. The summed E-state index contributed by atoms with van der Waals surface area (Å²) < 4.78 is 74.3. The lowest BCUT2D eigenvalue weighted by Crippen LogP contribution is -2.60. The molecule has 0 saturated carbocycles. The van der Waals surface area contributed by atoms with E-state index in [1.165, 1.54) is 16.9 Å². The zero-order valence-corrected chi connectivity index (χ0v) is 30.9. The van der Waals surface area contributed by atoms with Crippen LogP contribution in [-0.2, 0) is 16.2 Å². The highest BCUT2D eigenvalue weighted by atomic mass is 32.1. The first-order chi connectivity index (χ1) is 26.4. The molecule has 2 nitrogen and oxygen atoms in total. The van der Waals surface area contributed by atoms with Crippen LogP contribution in [0.3, 0.4) is 0 Å². The highest BCUT2D eigenvalue weighted by Crippen LogP contribution is 2.49. The molecule has 0 aliphatic carbocycles.